The van der Waals surface area contributed by atoms with Crippen LogP contribution in [-0.4, -0.2) is 43.5 Å². The number of anilines is 1. The Kier molecular flexibility index (Phi) is 4.63. The molecule has 2 aromatic rings. The van der Waals surface area contributed by atoms with Crippen molar-refractivity contribution >= 4 is 11.6 Å². The molecule has 0 aromatic heterocycles. The van der Waals surface area contributed by atoms with Crippen LogP contribution in [0.4, 0.5) is 5.69 Å². The van der Waals surface area contributed by atoms with E-state index in [-0.39, 0.29) is 17.9 Å². The summed E-state index contributed by atoms with van der Waals surface area (Å²) >= 11 is 0. The number of carbonyl (C=O) groups is 1. The predicted octanol–water partition coefficient (Wildman–Crippen LogP) is 2.08. The van der Waals surface area contributed by atoms with Gasteiger partial charge >= 0.3 is 0 Å². The van der Waals surface area contributed by atoms with Gasteiger partial charge in [0.05, 0.1) is 6.54 Å². The summed E-state index contributed by atoms with van der Waals surface area (Å²) in [7, 11) is 1.94. The van der Waals surface area contributed by atoms with E-state index in [9.17, 15) is 4.79 Å². The van der Waals surface area contributed by atoms with Gasteiger partial charge in [-0.2, -0.15) is 0 Å². The lowest BCUT2D eigenvalue weighted by atomic mass is 9.95. The minimum atomic E-state index is 0.00313. The van der Waals surface area contributed by atoms with Crippen molar-refractivity contribution in [2.24, 2.45) is 5.73 Å². The molecule has 1 aliphatic heterocycles. The number of likely N-dealkylation sites (N-methyl/N-ethyl adjacent to an activating group) is 1. The first-order valence-electron chi connectivity index (χ1n) is 7.99. The molecule has 1 heterocycles. The van der Waals surface area contributed by atoms with Crippen LogP contribution in [0.2, 0.25) is 0 Å². The van der Waals surface area contributed by atoms with Crippen LogP contribution in [-0.2, 0) is 4.79 Å². The van der Waals surface area contributed by atoms with Crippen LogP contribution >= 0.6 is 0 Å². The predicted molar refractivity (Wildman–Crippen MR) is 93.5 cm³/mol. The first-order chi connectivity index (χ1) is 11.1. The molecule has 1 saturated heterocycles. The van der Waals surface area contributed by atoms with Crippen molar-refractivity contribution in [1.82, 2.24) is 4.90 Å². The van der Waals surface area contributed by atoms with Gasteiger partial charge in [-0.15, -0.1) is 0 Å². The number of benzene rings is 2. The van der Waals surface area contributed by atoms with Crippen molar-refractivity contribution in [3.63, 3.8) is 0 Å². The number of nitrogens with zero attached hydrogens (tertiary/aromatic N) is 2. The molecule has 0 radical (unpaired) electrons. The zero-order valence-electron chi connectivity index (χ0n) is 13.4. The molecule has 3 rings (SSSR count). The summed E-state index contributed by atoms with van der Waals surface area (Å²) in [5.74, 6) is 0.354. The minimum absolute atomic E-state index is 0.00313. The fourth-order valence-corrected chi connectivity index (χ4v) is 3.16. The zero-order valence-corrected chi connectivity index (χ0v) is 13.4. The van der Waals surface area contributed by atoms with E-state index < -0.39 is 0 Å². The molecule has 0 bridgehead atoms. The normalized spacial score (nSPS) is 20.5. The summed E-state index contributed by atoms with van der Waals surface area (Å²) in [4.78, 5) is 16.4. The maximum absolute atomic E-state index is 12.6. The number of nitrogens with two attached hydrogens (primary N) is 1. The Balaban J connectivity index is 1.63. The molecule has 1 amide bonds. The van der Waals surface area contributed by atoms with Gasteiger partial charge in [0.15, 0.2) is 0 Å². The molecular weight excluding hydrogens is 286 g/mol. The van der Waals surface area contributed by atoms with E-state index in [0.29, 0.717) is 19.6 Å². The van der Waals surface area contributed by atoms with E-state index >= 15 is 0 Å². The Bertz CT molecular complexity index is 644. The van der Waals surface area contributed by atoms with Gasteiger partial charge in [0.1, 0.15) is 0 Å². The summed E-state index contributed by atoms with van der Waals surface area (Å²) in [6.45, 7) is 1.70. The third kappa shape index (κ3) is 3.54. The Morgan fingerprint density at radius 2 is 1.70 bits per heavy atom. The lowest BCUT2D eigenvalue weighted by Crippen LogP contribution is -2.39. The SMILES string of the molecule is CN(CC(=O)N1CC(N)C(c2ccccc2)C1)c1ccccc1. The van der Waals surface area contributed by atoms with Crippen LogP contribution in [0.5, 0.6) is 0 Å². The van der Waals surface area contributed by atoms with Crippen LogP contribution < -0.4 is 10.6 Å². The molecule has 120 valence electrons. The van der Waals surface area contributed by atoms with E-state index in [0.717, 1.165) is 5.69 Å². The third-order valence-electron chi connectivity index (χ3n) is 4.51. The number of amides is 1. The highest BCUT2D eigenvalue weighted by Crippen LogP contribution is 2.26. The number of likely N-dealkylation sites (tertiary alicyclic amines) is 1. The molecule has 2 atom stereocenters. The molecule has 4 heteroatoms. The first-order valence-corrected chi connectivity index (χ1v) is 7.99. The number of rotatable bonds is 4. The zero-order chi connectivity index (χ0) is 16.2. The average Bonchev–Trinajstić information content (AvgIpc) is 2.98. The Morgan fingerprint density at radius 1 is 1.09 bits per heavy atom. The van der Waals surface area contributed by atoms with E-state index in [4.69, 9.17) is 5.73 Å². The molecule has 0 aliphatic carbocycles. The van der Waals surface area contributed by atoms with Crippen molar-refractivity contribution in [2.45, 2.75) is 12.0 Å². The average molecular weight is 309 g/mol. The maximum Gasteiger partial charge on any atom is 0.242 e. The fourth-order valence-electron chi connectivity index (χ4n) is 3.16. The number of carbonyl (C=O) groups excluding carboxylic acids is 1. The van der Waals surface area contributed by atoms with E-state index in [2.05, 4.69) is 12.1 Å². The number of hydrogen-bond donors (Lipinski definition) is 1. The van der Waals surface area contributed by atoms with Gasteiger partial charge in [-0.05, 0) is 17.7 Å². The molecule has 0 saturated carbocycles. The summed E-state index contributed by atoms with van der Waals surface area (Å²) in [5, 5.41) is 0. The van der Waals surface area contributed by atoms with Gasteiger partial charge in [0, 0.05) is 37.8 Å². The van der Waals surface area contributed by atoms with Crippen molar-refractivity contribution in [2.75, 3.05) is 31.6 Å². The van der Waals surface area contributed by atoms with Crippen molar-refractivity contribution < 1.29 is 4.79 Å². The van der Waals surface area contributed by atoms with Gasteiger partial charge < -0.3 is 15.5 Å². The molecule has 2 aromatic carbocycles. The van der Waals surface area contributed by atoms with Crippen molar-refractivity contribution in [3.8, 4) is 0 Å². The second-order valence-electron chi connectivity index (χ2n) is 6.17. The molecular formula is C19H23N3O. The highest BCUT2D eigenvalue weighted by Gasteiger charge is 2.33. The van der Waals surface area contributed by atoms with Gasteiger partial charge in [-0.25, -0.2) is 0 Å². The second kappa shape index (κ2) is 6.84. The molecule has 23 heavy (non-hydrogen) atoms. The van der Waals surface area contributed by atoms with Gasteiger partial charge in [-0.1, -0.05) is 48.5 Å². The lowest BCUT2D eigenvalue weighted by molar-refractivity contribution is -0.128. The highest BCUT2D eigenvalue weighted by molar-refractivity contribution is 5.81. The second-order valence-corrected chi connectivity index (χ2v) is 6.17. The molecule has 2 N–H and O–H groups in total. The Hall–Kier alpha value is -2.33. The fraction of sp³-hybridized carbons (Fsp3) is 0.316. The third-order valence-corrected chi connectivity index (χ3v) is 4.51. The summed E-state index contributed by atoms with van der Waals surface area (Å²) in [6.07, 6.45) is 0. The molecule has 0 spiro atoms. The standard InChI is InChI=1S/C19H23N3O/c1-21(16-10-6-3-7-11-16)14-19(23)22-12-17(18(20)13-22)15-8-4-2-5-9-15/h2-11,17-18H,12-14,20H2,1H3. The Labute approximate surface area is 137 Å². The smallest absolute Gasteiger partial charge is 0.242 e. The van der Waals surface area contributed by atoms with Crippen molar-refractivity contribution in [3.05, 3.63) is 66.2 Å². The van der Waals surface area contributed by atoms with E-state index in [1.807, 2.05) is 65.4 Å². The number of hydrogen-bond acceptors (Lipinski definition) is 3. The lowest BCUT2D eigenvalue weighted by Gasteiger charge is -2.23. The number of para-hydroxylation sites is 1. The molecule has 1 aliphatic rings. The van der Waals surface area contributed by atoms with Crippen LogP contribution in [0.1, 0.15) is 11.5 Å². The minimum Gasteiger partial charge on any atom is -0.365 e. The van der Waals surface area contributed by atoms with Crippen LogP contribution in [0, 0.1) is 0 Å². The largest absolute Gasteiger partial charge is 0.365 e. The quantitative estimate of drug-likeness (QED) is 0.941. The van der Waals surface area contributed by atoms with Gasteiger partial charge in [0.2, 0.25) is 5.91 Å². The summed E-state index contributed by atoms with van der Waals surface area (Å²) < 4.78 is 0. The van der Waals surface area contributed by atoms with Crippen LogP contribution in [0.15, 0.2) is 60.7 Å². The highest BCUT2D eigenvalue weighted by atomic mass is 16.2. The molecule has 4 nitrogen and oxygen atoms in total. The summed E-state index contributed by atoms with van der Waals surface area (Å²) in [5.41, 5.74) is 8.53. The first kappa shape index (κ1) is 15.6. The molecule has 1 fully saturated rings. The molecule has 2 unspecified atom stereocenters. The van der Waals surface area contributed by atoms with E-state index in [1.54, 1.807) is 0 Å². The Morgan fingerprint density at radius 3 is 2.35 bits per heavy atom. The van der Waals surface area contributed by atoms with Crippen LogP contribution in [0.3, 0.4) is 0 Å². The van der Waals surface area contributed by atoms with E-state index in [1.165, 1.54) is 5.56 Å². The topological polar surface area (TPSA) is 49.6 Å². The van der Waals surface area contributed by atoms with Gasteiger partial charge in [-0.3, -0.25) is 4.79 Å². The van der Waals surface area contributed by atoms with Gasteiger partial charge in [0.25, 0.3) is 0 Å². The van der Waals surface area contributed by atoms with Crippen LogP contribution in [0.25, 0.3) is 0 Å². The summed E-state index contributed by atoms with van der Waals surface area (Å²) in [6, 6.07) is 20.2. The van der Waals surface area contributed by atoms with Crippen molar-refractivity contribution in [1.29, 1.82) is 0 Å². The monoisotopic (exact) mass is 309 g/mol. The maximum atomic E-state index is 12.6.